The molecule has 2 heterocycles. The Kier molecular flexibility index (Phi) is 3.39. The lowest BCUT2D eigenvalue weighted by Gasteiger charge is -2.20. The number of aromatic nitrogens is 1. The maximum Gasteiger partial charge on any atom is 0.256 e. The van der Waals surface area contributed by atoms with Gasteiger partial charge >= 0.3 is 0 Å². The predicted octanol–water partition coefficient (Wildman–Crippen LogP) is 1.68. The van der Waals surface area contributed by atoms with Crippen LogP contribution in [0.15, 0.2) is 18.5 Å². The third-order valence-corrected chi connectivity index (χ3v) is 2.98. The molecule has 1 aromatic rings. The number of likely N-dealkylation sites (tertiary alicyclic amines) is 1. The second-order valence-corrected chi connectivity index (χ2v) is 4.17. The number of hydrogen-bond acceptors (Lipinski definition) is 3. The van der Waals surface area contributed by atoms with Crippen LogP contribution in [0.1, 0.15) is 36.0 Å². The highest BCUT2D eigenvalue weighted by atomic mass is 16.2. The summed E-state index contributed by atoms with van der Waals surface area (Å²) < 4.78 is 0. The molecular weight excluding hydrogens is 202 g/mol. The zero-order valence-electron chi connectivity index (χ0n) is 9.35. The second-order valence-electron chi connectivity index (χ2n) is 4.17. The fourth-order valence-corrected chi connectivity index (χ4v) is 2.05. The van der Waals surface area contributed by atoms with Gasteiger partial charge in [-0.2, -0.15) is 0 Å². The monoisotopic (exact) mass is 219 g/mol. The summed E-state index contributed by atoms with van der Waals surface area (Å²) in [6.07, 6.45) is 7.77. The Balaban J connectivity index is 2.14. The Bertz CT molecular complexity index is 370. The van der Waals surface area contributed by atoms with Crippen LogP contribution in [0.2, 0.25) is 0 Å². The van der Waals surface area contributed by atoms with Crippen LogP contribution in [0.25, 0.3) is 0 Å². The van der Waals surface area contributed by atoms with E-state index in [2.05, 4.69) is 4.98 Å². The molecule has 0 saturated carbocycles. The van der Waals surface area contributed by atoms with Crippen LogP contribution >= 0.6 is 0 Å². The largest absolute Gasteiger partial charge is 0.397 e. The fourth-order valence-electron chi connectivity index (χ4n) is 2.05. The Hall–Kier alpha value is -1.58. The van der Waals surface area contributed by atoms with Crippen LogP contribution < -0.4 is 5.73 Å². The van der Waals surface area contributed by atoms with E-state index in [0.717, 1.165) is 25.9 Å². The van der Waals surface area contributed by atoms with Gasteiger partial charge in [0.1, 0.15) is 0 Å². The first kappa shape index (κ1) is 10.9. The van der Waals surface area contributed by atoms with E-state index in [4.69, 9.17) is 5.73 Å². The van der Waals surface area contributed by atoms with Crippen molar-refractivity contribution in [3.63, 3.8) is 0 Å². The van der Waals surface area contributed by atoms with Crippen molar-refractivity contribution in [3.05, 3.63) is 24.0 Å². The van der Waals surface area contributed by atoms with E-state index in [9.17, 15) is 4.79 Å². The first-order valence-corrected chi connectivity index (χ1v) is 5.78. The number of anilines is 1. The van der Waals surface area contributed by atoms with Crippen molar-refractivity contribution in [2.75, 3.05) is 18.8 Å². The van der Waals surface area contributed by atoms with Crippen molar-refractivity contribution in [3.8, 4) is 0 Å². The lowest BCUT2D eigenvalue weighted by molar-refractivity contribution is 0.0762. The highest BCUT2D eigenvalue weighted by Crippen LogP contribution is 2.16. The van der Waals surface area contributed by atoms with E-state index >= 15 is 0 Å². The molecule has 86 valence electrons. The lowest BCUT2D eigenvalue weighted by Crippen LogP contribution is -2.32. The molecule has 0 aromatic carbocycles. The Morgan fingerprint density at radius 3 is 2.56 bits per heavy atom. The van der Waals surface area contributed by atoms with Gasteiger partial charge in [0.2, 0.25) is 0 Å². The van der Waals surface area contributed by atoms with Crippen LogP contribution in [-0.2, 0) is 0 Å². The highest BCUT2D eigenvalue weighted by Gasteiger charge is 2.18. The molecule has 4 heteroatoms. The average molecular weight is 219 g/mol. The van der Waals surface area contributed by atoms with Gasteiger partial charge < -0.3 is 10.6 Å². The molecular formula is C12H17N3O. The first-order valence-electron chi connectivity index (χ1n) is 5.78. The van der Waals surface area contributed by atoms with Crippen LogP contribution in [0.3, 0.4) is 0 Å². The summed E-state index contributed by atoms with van der Waals surface area (Å²) >= 11 is 0. The molecule has 0 atom stereocenters. The van der Waals surface area contributed by atoms with E-state index in [-0.39, 0.29) is 5.91 Å². The number of rotatable bonds is 1. The molecule has 0 radical (unpaired) electrons. The normalized spacial score (nSPS) is 16.9. The molecule has 1 amide bonds. The number of pyridine rings is 1. The van der Waals surface area contributed by atoms with E-state index < -0.39 is 0 Å². The lowest BCUT2D eigenvalue weighted by atomic mass is 10.2. The smallest absolute Gasteiger partial charge is 0.256 e. The van der Waals surface area contributed by atoms with Crippen LogP contribution in [0.5, 0.6) is 0 Å². The summed E-state index contributed by atoms with van der Waals surface area (Å²) in [5.74, 6) is 0.0433. The Morgan fingerprint density at radius 1 is 1.25 bits per heavy atom. The topological polar surface area (TPSA) is 59.2 Å². The maximum absolute atomic E-state index is 12.2. The molecule has 0 unspecified atom stereocenters. The Morgan fingerprint density at radius 2 is 1.94 bits per heavy atom. The molecule has 1 aliphatic heterocycles. The number of carbonyl (C=O) groups excluding carboxylic acids is 1. The second kappa shape index (κ2) is 4.96. The minimum Gasteiger partial charge on any atom is -0.397 e. The van der Waals surface area contributed by atoms with Gasteiger partial charge in [-0.05, 0) is 18.9 Å². The van der Waals surface area contributed by atoms with Crippen LogP contribution in [0, 0.1) is 0 Å². The van der Waals surface area contributed by atoms with Gasteiger partial charge in [-0.1, -0.05) is 12.8 Å². The summed E-state index contributed by atoms with van der Waals surface area (Å²) in [4.78, 5) is 18.0. The Labute approximate surface area is 95.5 Å². The molecule has 16 heavy (non-hydrogen) atoms. The van der Waals surface area contributed by atoms with Gasteiger partial charge in [0.05, 0.1) is 17.4 Å². The fraction of sp³-hybridized carbons (Fsp3) is 0.500. The SMILES string of the molecule is Nc1cnccc1C(=O)N1CCCCCC1. The van der Waals surface area contributed by atoms with Crippen molar-refractivity contribution in [2.24, 2.45) is 0 Å². The molecule has 1 aromatic heterocycles. The number of carbonyl (C=O) groups is 1. The van der Waals surface area contributed by atoms with E-state index in [1.807, 2.05) is 4.90 Å². The standard InChI is InChI=1S/C12H17N3O/c13-11-9-14-6-5-10(11)12(16)15-7-3-1-2-4-8-15/h5-6,9H,1-4,7-8,13H2. The van der Waals surface area contributed by atoms with E-state index in [1.165, 1.54) is 19.0 Å². The highest BCUT2D eigenvalue weighted by molar-refractivity contribution is 5.98. The van der Waals surface area contributed by atoms with Gasteiger partial charge in [-0.3, -0.25) is 9.78 Å². The van der Waals surface area contributed by atoms with Gasteiger partial charge in [-0.25, -0.2) is 0 Å². The quantitative estimate of drug-likeness (QED) is 0.781. The molecule has 1 aliphatic rings. The summed E-state index contributed by atoms with van der Waals surface area (Å²) in [5.41, 5.74) is 6.81. The number of nitrogens with two attached hydrogens (primary N) is 1. The zero-order chi connectivity index (χ0) is 11.4. The van der Waals surface area contributed by atoms with Gasteiger partial charge in [0.25, 0.3) is 5.91 Å². The van der Waals surface area contributed by atoms with Crippen molar-refractivity contribution >= 4 is 11.6 Å². The molecule has 1 saturated heterocycles. The van der Waals surface area contributed by atoms with Crippen molar-refractivity contribution in [1.82, 2.24) is 9.88 Å². The van der Waals surface area contributed by atoms with E-state index in [1.54, 1.807) is 12.3 Å². The number of hydrogen-bond donors (Lipinski definition) is 1. The number of amides is 1. The molecule has 2 N–H and O–H groups in total. The van der Waals surface area contributed by atoms with Crippen molar-refractivity contribution in [2.45, 2.75) is 25.7 Å². The first-order chi connectivity index (χ1) is 7.79. The van der Waals surface area contributed by atoms with Crippen LogP contribution in [-0.4, -0.2) is 28.9 Å². The third-order valence-electron chi connectivity index (χ3n) is 2.98. The molecule has 1 fully saturated rings. The molecule has 2 rings (SSSR count). The van der Waals surface area contributed by atoms with Crippen molar-refractivity contribution < 1.29 is 4.79 Å². The molecule has 0 bridgehead atoms. The molecule has 4 nitrogen and oxygen atoms in total. The van der Waals surface area contributed by atoms with Gasteiger partial charge in [-0.15, -0.1) is 0 Å². The predicted molar refractivity (Wildman–Crippen MR) is 63.0 cm³/mol. The van der Waals surface area contributed by atoms with Gasteiger partial charge in [0, 0.05) is 19.3 Å². The van der Waals surface area contributed by atoms with Crippen molar-refractivity contribution in [1.29, 1.82) is 0 Å². The average Bonchev–Trinajstić information content (AvgIpc) is 2.57. The summed E-state index contributed by atoms with van der Waals surface area (Å²) in [5, 5.41) is 0. The number of nitrogens with zero attached hydrogens (tertiary/aromatic N) is 2. The zero-order valence-corrected chi connectivity index (χ0v) is 9.35. The molecule has 0 aliphatic carbocycles. The summed E-state index contributed by atoms with van der Waals surface area (Å²) in [6, 6.07) is 1.70. The third kappa shape index (κ3) is 2.32. The minimum atomic E-state index is 0.0433. The van der Waals surface area contributed by atoms with Gasteiger partial charge in [0.15, 0.2) is 0 Å². The van der Waals surface area contributed by atoms with E-state index in [0.29, 0.717) is 11.3 Å². The van der Waals surface area contributed by atoms with Crippen LogP contribution in [0.4, 0.5) is 5.69 Å². The summed E-state index contributed by atoms with van der Waals surface area (Å²) in [6.45, 7) is 1.70. The number of nitrogen functional groups attached to an aromatic ring is 1. The minimum absolute atomic E-state index is 0.0433. The maximum atomic E-state index is 12.2. The summed E-state index contributed by atoms with van der Waals surface area (Å²) in [7, 11) is 0. The molecule has 0 spiro atoms.